The SMILES string of the molecule is Cc1ccc(S(=O)(=O)Nc2ccc(C(=O)Nc3ccc(S(=O)(=O)Nc4ncccn4)cc3)cc2)cc1. The summed E-state index contributed by atoms with van der Waals surface area (Å²) in [4.78, 5) is 20.3. The van der Waals surface area contributed by atoms with Gasteiger partial charge in [-0.2, -0.15) is 0 Å². The van der Waals surface area contributed by atoms with E-state index in [0.717, 1.165) is 5.56 Å². The lowest BCUT2D eigenvalue weighted by Crippen LogP contribution is -2.15. The van der Waals surface area contributed by atoms with Gasteiger partial charge in [0, 0.05) is 29.3 Å². The minimum absolute atomic E-state index is 0.0295. The highest BCUT2D eigenvalue weighted by Crippen LogP contribution is 2.19. The Morgan fingerprint density at radius 1 is 0.667 bits per heavy atom. The summed E-state index contributed by atoms with van der Waals surface area (Å²) in [5.74, 6) is -0.506. The molecule has 184 valence electrons. The zero-order valence-corrected chi connectivity index (χ0v) is 20.5. The third kappa shape index (κ3) is 6.03. The average Bonchev–Trinajstić information content (AvgIpc) is 2.85. The summed E-state index contributed by atoms with van der Waals surface area (Å²) in [5.41, 5.74) is 1.91. The molecule has 4 aromatic rings. The van der Waals surface area contributed by atoms with E-state index in [1.165, 1.54) is 73.1 Å². The van der Waals surface area contributed by atoms with Crippen LogP contribution >= 0.6 is 0 Å². The second-order valence-corrected chi connectivity index (χ2v) is 11.0. The van der Waals surface area contributed by atoms with E-state index in [1.54, 1.807) is 18.2 Å². The summed E-state index contributed by atoms with van der Waals surface area (Å²) in [6, 6.07) is 19.5. The third-order valence-electron chi connectivity index (χ3n) is 4.94. The van der Waals surface area contributed by atoms with Gasteiger partial charge in [0.15, 0.2) is 0 Å². The van der Waals surface area contributed by atoms with Crippen molar-refractivity contribution in [3.8, 4) is 0 Å². The number of rotatable bonds is 8. The molecule has 1 amide bonds. The first-order valence-corrected chi connectivity index (χ1v) is 13.5. The van der Waals surface area contributed by atoms with Crippen molar-refractivity contribution in [3.63, 3.8) is 0 Å². The highest BCUT2D eigenvalue weighted by atomic mass is 32.2. The van der Waals surface area contributed by atoms with E-state index in [4.69, 9.17) is 0 Å². The van der Waals surface area contributed by atoms with Crippen LogP contribution in [0, 0.1) is 6.92 Å². The van der Waals surface area contributed by atoms with Gasteiger partial charge in [-0.3, -0.25) is 9.52 Å². The standard InChI is InChI=1S/C24H21N5O5S2/c1-17-3-11-21(12-4-17)35(31,32)28-20-7-5-18(6-8-20)23(30)27-19-9-13-22(14-10-19)36(33,34)29-24-25-15-2-16-26-24/h2-16,28H,1H3,(H,27,30)(H,25,26,29). The van der Waals surface area contributed by atoms with Gasteiger partial charge < -0.3 is 5.32 Å². The van der Waals surface area contributed by atoms with Gasteiger partial charge in [0.2, 0.25) is 5.95 Å². The molecule has 1 aromatic heterocycles. The van der Waals surface area contributed by atoms with Crippen molar-refractivity contribution in [2.75, 3.05) is 14.8 Å². The Labute approximate surface area is 208 Å². The Kier molecular flexibility index (Phi) is 6.99. The number of hydrogen-bond donors (Lipinski definition) is 3. The molecule has 0 bridgehead atoms. The molecule has 0 atom stereocenters. The Balaban J connectivity index is 1.39. The fourth-order valence-corrected chi connectivity index (χ4v) is 5.09. The normalized spacial score (nSPS) is 11.5. The zero-order valence-electron chi connectivity index (χ0n) is 18.9. The molecule has 0 aliphatic carbocycles. The van der Waals surface area contributed by atoms with E-state index in [0.29, 0.717) is 11.4 Å². The molecule has 3 N–H and O–H groups in total. The Morgan fingerprint density at radius 2 is 1.17 bits per heavy atom. The Morgan fingerprint density at radius 3 is 1.75 bits per heavy atom. The Bertz CT molecular complexity index is 1570. The van der Waals surface area contributed by atoms with Crippen LogP contribution < -0.4 is 14.8 Å². The van der Waals surface area contributed by atoms with Crippen LogP contribution in [-0.4, -0.2) is 32.7 Å². The largest absolute Gasteiger partial charge is 0.322 e. The van der Waals surface area contributed by atoms with E-state index >= 15 is 0 Å². The molecule has 0 spiro atoms. The van der Waals surface area contributed by atoms with Crippen molar-refractivity contribution in [2.24, 2.45) is 0 Å². The summed E-state index contributed by atoms with van der Waals surface area (Å²) < 4.78 is 54.7. The van der Waals surface area contributed by atoms with Gasteiger partial charge >= 0.3 is 0 Å². The maximum absolute atomic E-state index is 12.6. The molecule has 0 fully saturated rings. The number of hydrogen-bond acceptors (Lipinski definition) is 7. The lowest BCUT2D eigenvalue weighted by Gasteiger charge is -2.10. The van der Waals surface area contributed by atoms with Crippen LogP contribution in [0.25, 0.3) is 0 Å². The number of anilines is 3. The summed E-state index contributed by atoms with van der Waals surface area (Å²) >= 11 is 0. The summed E-state index contributed by atoms with van der Waals surface area (Å²) in [5, 5.41) is 2.67. The third-order valence-corrected chi connectivity index (χ3v) is 7.69. The fraction of sp³-hybridized carbons (Fsp3) is 0.0417. The van der Waals surface area contributed by atoms with Crippen LogP contribution in [0.3, 0.4) is 0 Å². The minimum Gasteiger partial charge on any atom is -0.322 e. The molecular weight excluding hydrogens is 502 g/mol. The van der Waals surface area contributed by atoms with Crippen molar-refractivity contribution >= 4 is 43.3 Å². The first kappa shape index (κ1) is 24.8. The van der Waals surface area contributed by atoms with E-state index in [-0.39, 0.29) is 21.3 Å². The highest BCUT2D eigenvalue weighted by molar-refractivity contribution is 7.93. The number of aromatic nitrogens is 2. The second-order valence-electron chi connectivity index (χ2n) is 7.65. The van der Waals surface area contributed by atoms with Gasteiger partial charge in [0.05, 0.1) is 9.79 Å². The summed E-state index contributed by atoms with van der Waals surface area (Å²) in [6.45, 7) is 1.86. The monoisotopic (exact) mass is 523 g/mol. The highest BCUT2D eigenvalue weighted by Gasteiger charge is 2.17. The fourth-order valence-electron chi connectivity index (χ4n) is 3.07. The van der Waals surface area contributed by atoms with Gasteiger partial charge in [-0.25, -0.2) is 31.5 Å². The first-order valence-electron chi connectivity index (χ1n) is 10.5. The molecular formula is C24H21N5O5S2. The van der Waals surface area contributed by atoms with Gasteiger partial charge in [0.25, 0.3) is 26.0 Å². The summed E-state index contributed by atoms with van der Waals surface area (Å²) in [6.07, 6.45) is 2.82. The lowest BCUT2D eigenvalue weighted by molar-refractivity contribution is 0.102. The molecule has 0 saturated carbocycles. The molecule has 1 heterocycles. The van der Waals surface area contributed by atoms with Gasteiger partial charge in [-0.05, 0) is 73.7 Å². The molecule has 12 heteroatoms. The van der Waals surface area contributed by atoms with Crippen molar-refractivity contribution in [2.45, 2.75) is 16.7 Å². The van der Waals surface area contributed by atoms with Crippen molar-refractivity contribution in [1.82, 2.24) is 9.97 Å². The average molecular weight is 524 g/mol. The number of benzene rings is 3. The predicted octanol–water partition coefficient (Wildman–Crippen LogP) is 3.64. The number of amides is 1. The van der Waals surface area contributed by atoms with Crippen molar-refractivity contribution in [1.29, 1.82) is 0 Å². The number of aryl methyl sites for hydroxylation is 1. The second kappa shape index (κ2) is 10.1. The number of nitrogens with zero attached hydrogens (tertiary/aromatic N) is 2. The van der Waals surface area contributed by atoms with Crippen LogP contribution in [0.15, 0.2) is 101 Å². The van der Waals surface area contributed by atoms with E-state index in [9.17, 15) is 21.6 Å². The molecule has 0 aliphatic heterocycles. The molecule has 36 heavy (non-hydrogen) atoms. The molecule has 0 saturated heterocycles. The molecule has 10 nitrogen and oxygen atoms in total. The number of nitrogens with one attached hydrogen (secondary N) is 3. The van der Waals surface area contributed by atoms with Gasteiger partial charge in [-0.1, -0.05) is 17.7 Å². The van der Waals surface area contributed by atoms with E-state index in [2.05, 4.69) is 24.7 Å². The van der Waals surface area contributed by atoms with Crippen molar-refractivity contribution < 1.29 is 21.6 Å². The van der Waals surface area contributed by atoms with Crippen LogP contribution in [-0.2, 0) is 20.0 Å². The van der Waals surface area contributed by atoms with Crippen LogP contribution in [0.1, 0.15) is 15.9 Å². The van der Waals surface area contributed by atoms with Crippen LogP contribution in [0.5, 0.6) is 0 Å². The lowest BCUT2D eigenvalue weighted by atomic mass is 10.2. The van der Waals surface area contributed by atoms with Gasteiger partial charge in [-0.15, -0.1) is 0 Å². The zero-order chi connectivity index (χ0) is 25.8. The van der Waals surface area contributed by atoms with Crippen LogP contribution in [0.4, 0.5) is 17.3 Å². The number of sulfonamides is 2. The van der Waals surface area contributed by atoms with Crippen LogP contribution in [0.2, 0.25) is 0 Å². The maximum Gasteiger partial charge on any atom is 0.264 e. The van der Waals surface area contributed by atoms with Crippen molar-refractivity contribution in [3.05, 3.63) is 102 Å². The maximum atomic E-state index is 12.6. The molecule has 0 aliphatic rings. The topological polar surface area (TPSA) is 147 Å². The van der Waals surface area contributed by atoms with E-state index in [1.807, 2.05) is 6.92 Å². The molecule has 4 rings (SSSR count). The molecule has 0 radical (unpaired) electrons. The first-order chi connectivity index (χ1) is 17.1. The molecule has 3 aromatic carbocycles. The smallest absolute Gasteiger partial charge is 0.264 e. The minimum atomic E-state index is -3.90. The molecule has 0 unspecified atom stereocenters. The quantitative estimate of drug-likeness (QED) is 0.319. The predicted molar refractivity (Wildman–Crippen MR) is 136 cm³/mol. The number of carbonyl (C=O) groups excluding carboxylic acids is 1. The van der Waals surface area contributed by atoms with Gasteiger partial charge in [0.1, 0.15) is 0 Å². The summed E-state index contributed by atoms with van der Waals surface area (Å²) in [7, 11) is -7.66. The Hall–Kier alpha value is -4.29. The van der Waals surface area contributed by atoms with E-state index < -0.39 is 26.0 Å². The number of carbonyl (C=O) groups is 1.